The summed E-state index contributed by atoms with van der Waals surface area (Å²) in [4.78, 5) is 67.2. The maximum atomic E-state index is 15.7. The first-order chi connectivity index (χ1) is 29.9. The smallest absolute Gasteiger partial charge is 0.322 e. The van der Waals surface area contributed by atoms with E-state index in [1.807, 2.05) is 30.0 Å². The van der Waals surface area contributed by atoms with Gasteiger partial charge in [-0.1, -0.05) is 0 Å². The number of urea groups is 1. The average molecular weight is 845 g/mol. The number of nitrogens with zero attached hydrogens (tertiary/aromatic N) is 8. The predicted octanol–water partition coefficient (Wildman–Crippen LogP) is 5.32. The molecule has 14 nitrogen and oxygen atoms in total. The van der Waals surface area contributed by atoms with Crippen molar-refractivity contribution in [1.29, 1.82) is 5.26 Å². The maximum absolute atomic E-state index is 15.7. The Hall–Kier alpha value is -6.34. The van der Waals surface area contributed by atoms with E-state index in [1.54, 1.807) is 35.4 Å². The van der Waals surface area contributed by atoms with Gasteiger partial charge in [-0.15, -0.1) is 0 Å². The largest absolute Gasteiger partial charge is 0.369 e. The number of hydrogen-bond acceptors (Lipinski definition) is 10. The molecule has 1 aromatic heterocycles. The highest BCUT2D eigenvalue weighted by atomic mass is 19.1. The van der Waals surface area contributed by atoms with E-state index < -0.39 is 17.8 Å². The van der Waals surface area contributed by atoms with E-state index >= 15 is 8.78 Å². The van der Waals surface area contributed by atoms with Gasteiger partial charge < -0.3 is 29.8 Å². The number of fused-ring (bicyclic) bond motifs is 2. The fourth-order valence-corrected chi connectivity index (χ4v) is 9.99. The minimum absolute atomic E-state index is 0.0167. The Bertz CT molecular complexity index is 2480. The molecule has 0 saturated carbocycles. The maximum Gasteiger partial charge on any atom is 0.322 e. The van der Waals surface area contributed by atoms with E-state index in [4.69, 9.17) is 0 Å². The SMILES string of the molecule is C[C@@H]1CN(c2ccc(C#N)c3ncccc23)[C@@H](C)CN1C(=O)Nc1ccc(N2CCC(CN3CCN(c4cc5c(cc4F)C(=O)N(C4CCC(=O)NC4=O)C5)CC3)CC2)c(F)c1. The summed E-state index contributed by atoms with van der Waals surface area (Å²) in [5.41, 5.74) is 4.49. The van der Waals surface area contributed by atoms with E-state index in [-0.39, 0.29) is 60.7 Å². The monoisotopic (exact) mass is 844 g/mol. The zero-order chi connectivity index (χ0) is 43.2. The molecular weight excluding hydrogens is 795 g/mol. The van der Waals surface area contributed by atoms with Gasteiger partial charge in [0.05, 0.1) is 22.5 Å². The molecule has 0 bridgehead atoms. The number of amides is 5. The zero-order valence-corrected chi connectivity index (χ0v) is 34.9. The highest BCUT2D eigenvalue weighted by molar-refractivity contribution is 6.05. The van der Waals surface area contributed by atoms with E-state index in [0.29, 0.717) is 78.9 Å². The number of pyridine rings is 1. The minimum Gasteiger partial charge on any atom is -0.369 e. The van der Waals surface area contributed by atoms with Crippen LogP contribution in [0, 0.1) is 28.9 Å². The average Bonchev–Trinajstić information content (AvgIpc) is 3.58. The third kappa shape index (κ3) is 7.85. The van der Waals surface area contributed by atoms with Crippen molar-refractivity contribution in [1.82, 2.24) is 25.0 Å². The number of imide groups is 1. The van der Waals surface area contributed by atoms with Gasteiger partial charge in [0.2, 0.25) is 11.8 Å². The summed E-state index contributed by atoms with van der Waals surface area (Å²) in [5, 5.41) is 15.7. The lowest BCUT2D eigenvalue weighted by atomic mass is 9.95. The normalized spacial score (nSPS) is 22.5. The number of rotatable bonds is 7. The van der Waals surface area contributed by atoms with E-state index in [9.17, 15) is 24.4 Å². The first kappa shape index (κ1) is 41.0. The summed E-state index contributed by atoms with van der Waals surface area (Å²) >= 11 is 0. The molecule has 6 heterocycles. The summed E-state index contributed by atoms with van der Waals surface area (Å²) in [6, 6.07) is 16.6. The molecule has 3 atom stereocenters. The lowest BCUT2D eigenvalue weighted by molar-refractivity contribution is -0.136. The van der Waals surface area contributed by atoms with Gasteiger partial charge in [-0.05, 0) is 99.2 Å². The third-order valence-corrected chi connectivity index (χ3v) is 13.4. The Morgan fingerprint density at radius 3 is 2.34 bits per heavy atom. The summed E-state index contributed by atoms with van der Waals surface area (Å²) in [6.07, 6.45) is 3.92. The number of aromatic nitrogens is 1. The van der Waals surface area contributed by atoms with Crippen LogP contribution in [-0.2, 0) is 16.1 Å². The molecule has 0 aliphatic carbocycles. The van der Waals surface area contributed by atoms with E-state index in [0.717, 1.165) is 43.5 Å². The third-order valence-electron chi connectivity index (χ3n) is 13.4. The van der Waals surface area contributed by atoms with Crippen LogP contribution in [0.25, 0.3) is 10.9 Å². The molecule has 62 heavy (non-hydrogen) atoms. The van der Waals surface area contributed by atoms with Crippen molar-refractivity contribution in [2.45, 2.75) is 64.2 Å². The first-order valence-corrected chi connectivity index (χ1v) is 21.6. The Morgan fingerprint density at radius 1 is 0.855 bits per heavy atom. The molecule has 9 rings (SSSR count). The number of carbonyl (C=O) groups is 4. The number of piperazine rings is 2. The number of benzene rings is 3. The van der Waals surface area contributed by atoms with Crippen molar-refractivity contribution in [3.05, 3.63) is 89.1 Å². The molecule has 5 aliphatic rings. The lowest BCUT2D eigenvalue weighted by Gasteiger charge is -2.45. The second-order valence-corrected chi connectivity index (χ2v) is 17.3. The van der Waals surface area contributed by atoms with Crippen LogP contribution in [0.5, 0.6) is 0 Å². The van der Waals surface area contributed by atoms with Crippen molar-refractivity contribution < 1.29 is 28.0 Å². The number of nitriles is 1. The molecule has 1 unspecified atom stereocenters. The van der Waals surface area contributed by atoms with Gasteiger partial charge in [-0.3, -0.25) is 29.6 Å². The predicted molar refractivity (Wildman–Crippen MR) is 231 cm³/mol. The molecule has 4 aromatic rings. The van der Waals surface area contributed by atoms with Crippen molar-refractivity contribution >= 4 is 57.4 Å². The Labute approximate surface area is 359 Å². The van der Waals surface area contributed by atoms with Gasteiger partial charge in [0.1, 0.15) is 23.7 Å². The quantitative estimate of drug-likeness (QED) is 0.235. The van der Waals surface area contributed by atoms with Crippen LogP contribution in [0.3, 0.4) is 0 Å². The Kier molecular flexibility index (Phi) is 11.1. The number of halogens is 2. The van der Waals surface area contributed by atoms with Crippen LogP contribution in [0.1, 0.15) is 61.0 Å². The highest BCUT2D eigenvalue weighted by Crippen LogP contribution is 2.35. The molecule has 322 valence electrons. The molecule has 4 fully saturated rings. The molecule has 5 aliphatic heterocycles. The summed E-state index contributed by atoms with van der Waals surface area (Å²) in [7, 11) is 0. The topological polar surface area (TPSA) is 148 Å². The van der Waals surface area contributed by atoms with E-state index in [1.165, 1.54) is 17.0 Å². The second-order valence-electron chi connectivity index (χ2n) is 17.3. The van der Waals surface area contributed by atoms with Crippen LogP contribution in [-0.4, -0.2) is 120 Å². The number of piperidine rings is 2. The van der Waals surface area contributed by atoms with Gasteiger partial charge in [0.15, 0.2) is 0 Å². The van der Waals surface area contributed by atoms with Crippen LogP contribution in [0.4, 0.5) is 36.3 Å². The van der Waals surface area contributed by atoms with Gasteiger partial charge in [-0.2, -0.15) is 5.26 Å². The number of carbonyl (C=O) groups excluding carboxylic acids is 4. The number of anilines is 4. The van der Waals surface area contributed by atoms with Gasteiger partial charge in [-0.25, -0.2) is 13.6 Å². The fourth-order valence-electron chi connectivity index (χ4n) is 9.99. The summed E-state index contributed by atoms with van der Waals surface area (Å²) in [6.45, 7) is 10.4. The molecule has 3 aromatic carbocycles. The summed E-state index contributed by atoms with van der Waals surface area (Å²) < 4.78 is 31.1. The van der Waals surface area contributed by atoms with Gasteiger partial charge in [0, 0.05) is 112 Å². The van der Waals surface area contributed by atoms with E-state index in [2.05, 4.69) is 43.3 Å². The Balaban J connectivity index is 0.743. The molecule has 5 amide bonds. The lowest BCUT2D eigenvalue weighted by Crippen LogP contribution is -2.59. The molecule has 0 radical (unpaired) electrons. The summed E-state index contributed by atoms with van der Waals surface area (Å²) in [5.74, 6) is -1.63. The minimum atomic E-state index is -0.746. The van der Waals surface area contributed by atoms with Gasteiger partial charge in [0.25, 0.3) is 5.91 Å². The van der Waals surface area contributed by atoms with Crippen molar-refractivity contribution in [2.24, 2.45) is 5.92 Å². The fraction of sp³-hybridized carbons (Fsp3) is 0.435. The standard InChI is InChI=1S/C46H50F2N10O4/c1-28-25-57(29(2)24-56(28)38-7-5-31(23-49)43-34(38)4-3-13-50-43)46(62)51-33-6-8-39(36(47)21-33)54-14-11-30(12-15-54)26-53-16-18-55(19-17-53)41-20-32-27-58(45(61)35(32)22-37(41)48)40-9-10-42(59)52-44(40)60/h3-8,13,20-22,28-30,40H,9-12,14-19,24-27H2,1-2H3,(H,51,62)(H,52,59,60)/t28-,29+,40?/m0/s1. The number of nitrogens with one attached hydrogen (secondary N) is 2. The molecule has 4 saturated heterocycles. The zero-order valence-electron chi connectivity index (χ0n) is 34.9. The van der Waals surface area contributed by atoms with Crippen LogP contribution in [0.15, 0.2) is 60.8 Å². The molecule has 2 N–H and O–H groups in total. The second kappa shape index (κ2) is 16.8. The van der Waals surface area contributed by atoms with Gasteiger partial charge >= 0.3 is 6.03 Å². The molecule has 0 spiro atoms. The molecular formula is C46H50F2N10O4. The van der Waals surface area contributed by atoms with Crippen LogP contribution in [0.2, 0.25) is 0 Å². The van der Waals surface area contributed by atoms with Crippen molar-refractivity contribution in [3.63, 3.8) is 0 Å². The number of hydrogen-bond donors (Lipinski definition) is 2. The first-order valence-electron chi connectivity index (χ1n) is 21.6. The van der Waals surface area contributed by atoms with Crippen LogP contribution >= 0.6 is 0 Å². The highest BCUT2D eigenvalue weighted by Gasteiger charge is 2.40. The Morgan fingerprint density at radius 2 is 1.60 bits per heavy atom. The van der Waals surface area contributed by atoms with Crippen molar-refractivity contribution in [3.8, 4) is 6.07 Å². The molecule has 16 heteroatoms. The van der Waals surface area contributed by atoms with Crippen molar-refractivity contribution in [2.75, 3.05) is 78.9 Å². The van der Waals surface area contributed by atoms with Crippen LogP contribution < -0.4 is 25.3 Å².